The molecule has 0 radical (unpaired) electrons. The number of aromatic nitrogens is 3. The number of anilines is 1. The van der Waals surface area contributed by atoms with E-state index in [1.807, 2.05) is 13.0 Å². The number of rotatable bonds is 1. The van der Waals surface area contributed by atoms with Crippen molar-refractivity contribution in [2.24, 2.45) is 0 Å². The molecule has 0 spiro atoms. The minimum absolute atomic E-state index is 0.538. The Morgan fingerprint density at radius 2 is 2.06 bits per heavy atom. The first-order valence-electron chi connectivity index (χ1n) is 5.52. The topological polar surface area (TPSA) is 44.8 Å². The van der Waals surface area contributed by atoms with Crippen molar-refractivity contribution in [2.45, 2.75) is 19.8 Å². The number of aryl methyl sites for hydroxylation is 1. The molecule has 5 heteroatoms. The molecule has 3 rings (SSSR count). The molecule has 0 aliphatic carbocycles. The first-order chi connectivity index (χ1) is 7.74. The second kappa shape index (κ2) is 3.63. The summed E-state index contributed by atoms with van der Waals surface area (Å²) in [6.07, 6.45) is 2.42. The van der Waals surface area contributed by atoms with Gasteiger partial charge in [0.1, 0.15) is 10.8 Å². The largest absolute Gasteiger partial charge is 0.343 e. The molecule has 1 fully saturated rings. The van der Waals surface area contributed by atoms with E-state index in [-0.39, 0.29) is 0 Å². The average Bonchev–Trinajstić information content (AvgIpc) is 2.84. The van der Waals surface area contributed by atoms with Crippen molar-refractivity contribution in [3.05, 3.63) is 16.9 Å². The number of nitrogens with zero attached hydrogens (tertiary/aromatic N) is 3. The van der Waals surface area contributed by atoms with Gasteiger partial charge in [-0.1, -0.05) is 11.6 Å². The number of fused-ring (bicyclic) bond motifs is 1. The molecule has 2 aromatic heterocycles. The Morgan fingerprint density at radius 1 is 1.31 bits per heavy atom. The first-order valence-corrected chi connectivity index (χ1v) is 5.89. The van der Waals surface area contributed by atoms with E-state index in [1.54, 1.807) is 0 Å². The van der Waals surface area contributed by atoms with E-state index in [1.165, 1.54) is 12.8 Å². The summed E-state index contributed by atoms with van der Waals surface area (Å²) in [6.45, 7) is 4.05. The Morgan fingerprint density at radius 3 is 2.81 bits per heavy atom. The van der Waals surface area contributed by atoms with Gasteiger partial charge in [-0.15, -0.1) is 0 Å². The fraction of sp³-hybridized carbons (Fsp3) is 0.455. The highest BCUT2D eigenvalue weighted by Crippen LogP contribution is 2.25. The summed E-state index contributed by atoms with van der Waals surface area (Å²) in [5.41, 5.74) is 1.89. The summed E-state index contributed by atoms with van der Waals surface area (Å²) in [5, 5.41) is 1.44. The molecule has 0 saturated carbocycles. The summed E-state index contributed by atoms with van der Waals surface area (Å²) in [6, 6.07) is 1.98. The van der Waals surface area contributed by atoms with Crippen LogP contribution in [-0.4, -0.2) is 28.0 Å². The number of halogens is 1. The Bertz CT molecular complexity index is 528. The molecule has 2 aromatic rings. The van der Waals surface area contributed by atoms with Gasteiger partial charge in [0.25, 0.3) is 0 Å². The maximum atomic E-state index is 6.16. The molecule has 0 unspecified atom stereocenters. The smallest absolute Gasteiger partial charge is 0.228 e. The summed E-state index contributed by atoms with van der Waals surface area (Å²) < 4.78 is 0. The van der Waals surface area contributed by atoms with Crippen LogP contribution in [0.3, 0.4) is 0 Å². The van der Waals surface area contributed by atoms with Gasteiger partial charge < -0.3 is 9.88 Å². The highest BCUT2D eigenvalue weighted by Gasteiger charge is 2.17. The molecule has 16 heavy (non-hydrogen) atoms. The van der Waals surface area contributed by atoms with E-state index < -0.39 is 0 Å². The maximum Gasteiger partial charge on any atom is 0.228 e. The zero-order valence-electron chi connectivity index (χ0n) is 9.13. The van der Waals surface area contributed by atoms with Crippen LogP contribution in [0.15, 0.2) is 6.07 Å². The third-order valence-corrected chi connectivity index (χ3v) is 3.24. The molecule has 1 saturated heterocycles. The lowest BCUT2D eigenvalue weighted by Gasteiger charge is -2.14. The van der Waals surface area contributed by atoms with Gasteiger partial charge >= 0.3 is 0 Å². The van der Waals surface area contributed by atoms with E-state index >= 15 is 0 Å². The fourth-order valence-corrected chi connectivity index (χ4v) is 2.37. The minimum Gasteiger partial charge on any atom is -0.343 e. The van der Waals surface area contributed by atoms with Crippen LogP contribution in [0.5, 0.6) is 0 Å². The van der Waals surface area contributed by atoms with Crippen molar-refractivity contribution < 1.29 is 0 Å². The molecule has 1 aliphatic rings. The Labute approximate surface area is 98.6 Å². The Hall–Kier alpha value is -1.29. The van der Waals surface area contributed by atoms with Crippen molar-refractivity contribution in [2.75, 3.05) is 18.0 Å². The molecule has 3 heterocycles. The maximum absolute atomic E-state index is 6.16. The van der Waals surface area contributed by atoms with Crippen LogP contribution in [-0.2, 0) is 0 Å². The van der Waals surface area contributed by atoms with Crippen molar-refractivity contribution in [1.82, 2.24) is 15.0 Å². The molecule has 84 valence electrons. The lowest BCUT2D eigenvalue weighted by Crippen LogP contribution is -2.20. The number of hydrogen-bond acceptors (Lipinski definition) is 3. The van der Waals surface area contributed by atoms with Crippen molar-refractivity contribution in [3.8, 4) is 0 Å². The normalized spacial score (nSPS) is 16.2. The van der Waals surface area contributed by atoms with Gasteiger partial charge in [-0.3, -0.25) is 0 Å². The van der Waals surface area contributed by atoms with Crippen molar-refractivity contribution >= 4 is 28.6 Å². The Kier molecular flexibility index (Phi) is 2.24. The molecule has 1 aliphatic heterocycles. The monoisotopic (exact) mass is 236 g/mol. The van der Waals surface area contributed by atoms with Crippen molar-refractivity contribution in [3.63, 3.8) is 0 Å². The number of hydrogen-bond donors (Lipinski definition) is 1. The molecule has 1 N–H and O–H groups in total. The van der Waals surface area contributed by atoms with Gasteiger partial charge in [-0.25, -0.2) is 4.98 Å². The van der Waals surface area contributed by atoms with E-state index in [4.69, 9.17) is 11.6 Å². The highest BCUT2D eigenvalue weighted by atomic mass is 35.5. The van der Waals surface area contributed by atoms with E-state index in [0.717, 1.165) is 35.8 Å². The third-order valence-electron chi connectivity index (χ3n) is 2.95. The van der Waals surface area contributed by atoms with Crippen LogP contribution in [0.1, 0.15) is 18.5 Å². The third kappa shape index (κ3) is 1.53. The van der Waals surface area contributed by atoms with Gasteiger partial charge in [-0.2, -0.15) is 4.98 Å². The van der Waals surface area contributed by atoms with Crippen LogP contribution in [0.4, 0.5) is 5.95 Å². The molecule has 0 aromatic carbocycles. The van der Waals surface area contributed by atoms with E-state index in [9.17, 15) is 0 Å². The number of H-pyrrole nitrogens is 1. The van der Waals surface area contributed by atoms with E-state index in [2.05, 4.69) is 19.9 Å². The predicted molar refractivity (Wildman–Crippen MR) is 65.1 cm³/mol. The highest BCUT2D eigenvalue weighted by molar-refractivity contribution is 6.34. The molecule has 0 atom stereocenters. The summed E-state index contributed by atoms with van der Waals surface area (Å²) in [4.78, 5) is 14.3. The predicted octanol–water partition coefficient (Wildman–Crippen LogP) is 2.52. The quantitative estimate of drug-likeness (QED) is 0.774. The van der Waals surface area contributed by atoms with Crippen molar-refractivity contribution in [1.29, 1.82) is 0 Å². The average molecular weight is 237 g/mol. The summed E-state index contributed by atoms with van der Waals surface area (Å²) in [5.74, 6) is 0.747. The van der Waals surface area contributed by atoms with Crippen LogP contribution >= 0.6 is 11.6 Å². The first kappa shape index (κ1) is 9.90. The SMILES string of the molecule is Cc1cc2c(Cl)nc(N3CCCC3)nc2[nH]1. The number of aromatic amines is 1. The Balaban J connectivity index is 2.12. The zero-order chi connectivity index (χ0) is 11.1. The lowest BCUT2D eigenvalue weighted by atomic mass is 10.4. The molecule has 0 bridgehead atoms. The van der Waals surface area contributed by atoms with Gasteiger partial charge in [0.05, 0.1) is 5.39 Å². The van der Waals surface area contributed by atoms with Gasteiger partial charge in [-0.05, 0) is 25.8 Å². The van der Waals surface area contributed by atoms with Gasteiger partial charge in [0.2, 0.25) is 5.95 Å². The molecular weight excluding hydrogens is 224 g/mol. The van der Waals surface area contributed by atoms with E-state index in [0.29, 0.717) is 5.15 Å². The van der Waals surface area contributed by atoms with Crippen LogP contribution in [0, 0.1) is 6.92 Å². The van der Waals surface area contributed by atoms with Crippen LogP contribution < -0.4 is 4.90 Å². The van der Waals surface area contributed by atoms with Crippen LogP contribution in [0.25, 0.3) is 11.0 Å². The minimum atomic E-state index is 0.538. The number of nitrogens with one attached hydrogen (secondary N) is 1. The molecule has 4 nitrogen and oxygen atoms in total. The molecular formula is C11H13ClN4. The second-order valence-electron chi connectivity index (χ2n) is 4.22. The summed E-state index contributed by atoms with van der Waals surface area (Å²) >= 11 is 6.16. The van der Waals surface area contributed by atoms with Gasteiger partial charge in [0.15, 0.2) is 0 Å². The van der Waals surface area contributed by atoms with Crippen LogP contribution in [0.2, 0.25) is 5.15 Å². The fourth-order valence-electron chi connectivity index (χ4n) is 2.15. The molecule has 0 amide bonds. The van der Waals surface area contributed by atoms with Gasteiger partial charge in [0, 0.05) is 18.8 Å². The second-order valence-corrected chi connectivity index (χ2v) is 4.58. The zero-order valence-corrected chi connectivity index (χ0v) is 9.88. The lowest BCUT2D eigenvalue weighted by molar-refractivity contribution is 0.905. The summed E-state index contributed by atoms with van der Waals surface area (Å²) in [7, 11) is 0. The standard InChI is InChI=1S/C11H13ClN4/c1-7-6-8-9(12)14-11(15-10(8)13-7)16-4-2-3-5-16/h6H,2-5H2,1H3,(H,13,14,15).